The van der Waals surface area contributed by atoms with Gasteiger partial charge in [0, 0.05) is 13.2 Å². The van der Waals surface area contributed by atoms with Crippen molar-refractivity contribution in [1.29, 1.82) is 0 Å². The number of nitrogens with zero attached hydrogens (tertiary/aromatic N) is 1. The van der Waals surface area contributed by atoms with Crippen molar-refractivity contribution in [2.45, 2.75) is 33.5 Å². The van der Waals surface area contributed by atoms with Crippen LogP contribution in [0.15, 0.2) is 5.16 Å². The van der Waals surface area contributed by atoms with Gasteiger partial charge < -0.3 is 19.0 Å². The van der Waals surface area contributed by atoms with E-state index in [0.29, 0.717) is 13.2 Å². The Morgan fingerprint density at radius 2 is 1.65 bits per heavy atom. The minimum Gasteiger partial charge on any atom is -0.461 e. The van der Waals surface area contributed by atoms with Crippen molar-refractivity contribution in [3.63, 3.8) is 0 Å². The minimum atomic E-state index is -1.26. The monoisotopic (exact) mass is 247 g/mol. The fraction of sp³-hybridized carbons (Fsp3) is 0.818. The van der Waals surface area contributed by atoms with Crippen LogP contribution in [0.4, 0.5) is 0 Å². The second-order valence-electron chi connectivity index (χ2n) is 3.15. The number of rotatable bonds is 8. The third-order valence-electron chi connectivity index (χ3n) is 1.92. The van der Waals surface area contributed by atoms with Crippen molar-refractivity contribution in [3.8, 4) is 0 Å². The van der Waals surface area contributed by atoms with Crippen LogP contribution in [-0.4, -0.2) is 44.4 Å². The molecule has 0 rings (SSSR count). The van der Waals surface area contributed by atoms with Crippen LogP contribution < -0.4 is 0 Å². The largest absolute Gasteiger partial charge is 0.461 e. The molecule has 0 aliphatic carbocycles. The lowest BCUT2D eigenvalue weighted by atomic mass is 10.2. The van der Waals surface area contributed by atoms with Crippen molar-refractivity contribution in [2.24, 2.45) is 5.16 Å². The van der Waals surface area contributed by atoms with E-state index in [1.165, 1.54) is 7.11 Å². The molecule has 6 heteroatoms. The van der Waals surface area contributed by atoms with Gasteiger partial charge in [0.2, 0.25) is 11.5 Å². The van der Waals surface area contributed by atoms with Gasteiger partial charge in [-0.3, -0.25) is 0 Å². The zero-order valence-corrected chi connectivity index (χ0v) is 11.1. The Balaban J connectivity index is 5.09. The number of carbonyl (C=O) groups is 1. The van der Waals surface area contributed by atoms with Crippen LogP contribution >= 0.6 is 0 Å². The summed E-state index contributed by atoms with van der Waals surface area (Å²) in [5.74, 6) is -1.87. The summed E-state index contributed by atoms with van der Waals surface area (Å²) < 4.78 is 15.7. The molecule has 0 unspecified atom stereocenters. The first-order valence-electron chi connectivity index (χ1n) is 5.62. The molecule has 0 spiro atoms. The quantitative estimate of drug-likeness (QED) is 0.280. The van der Waals surface area contributed by atoms with Crippen LogP contribution in [0.1, 0.15) is 27.7 Å². The van der Waals surface area contributed by atoms with Gasteiger partial charge in [0.1, 0.15) is 7.11 Å². The zero-order valence-electron chi connectivity index (χ0n) is 11.1. The Labute approximate surface area is 102 Å². The van der Waals surface area contributed by atoms with E-state index in [2.05, 4.69) is 9.99 Å². The van der Waals surface area contributed by atoms with Crippen LogP contribution in [0.25, 0.3) is 0 Å². The fourth-order valence-corrected chi connectivity index (χ4v) is 1.33. The predicted molar refractivity (Wildman–Crippen MR) is 62.7 cm³/mol. The van der Waals surface area contributed by atoms with Crippen LogP contribution in [0, 0.1) is 0 Å². The van der Waals surface area contributed by atoms with Gasteiger partial charge in [-0.2, -0.15) is 0 Å². The lowest BCUT2D eigenvalue weighted by molar-refractivity contribution is -0.177. The lowest BCUT2D eigenvalue weighted by Crippen LogP contribution is -2.46. The number of oxime groups is 1. The second-order valence-corrected chi connectivity index (χ2v) is 3.15. The summed E-state index contributed by atoms with van der Waals surface area (Å²) in [7, 11) is 1.34. The number of esters is 1. The van der Waals surface area contributed by atoms with Gasteiger partial charge in [-0.15, -0.1) is 0 Å². The molecule has 0 heterocycles. The normalized spacial score (nSPS) is 12.4. The molecule has 100 valence electrons. The van der Waals surface area contributed by atoms with E-state index < -0.39 is 11.8 Å². The second kappa shape index (κ2) is 8.03. The Morgan fingerprint density at radius 3 is 2.00 bits per heavy atom. The molecular weight excluding hydrogens is 226 g/mol. The van der Waals surface area contributed by atoms with Crippen molar-refractivity contribution in [2.75, 3.05) is 26.9 Å². The van der Waals surface area contributed by atoms with E-state index in [4.69, 9.17) is 14.2 Å². The van der Waals surface area contributed by atoms with Crippen molar-refractivity contribution >= 4 is 11.7 Å². The Hall–Kier alpha value is -1.14. The summed E-state index contributed by atoms with van der Waals surface area (Å²) in [5, 5.41) is 3.64. The molecule has 0 N–H and O–H groups in total. The number of hydrogen-bond acceptors (Lipinski definition) is 6. The standard InChI is InChI=1S/C11H21NO5/c1-6-15-10(13)9(12-14-5)11(4,16-7-2)17-8-3/h6-8H2,1-5H3/b12-9+. The maximum Gasteiger partial charge on any atom is 0.361 e. The third-order valence-corrected chi connectivity index (χ3v) is 1.92. The van der Waals surface area contributed by atoms with Gasteiger partial charge >= 0.3 is 5.97 Å². The molecule has 6 nitrogen and oxygen atoms in total. The molecule has 0 saturated carbocycles. The lowest BCUT2D eigenvalue weighted by Gasteiger charge is -2.28. The molecule has 0 amide bonds. The maximum atomic E-state index is 11.7. The molecule has 17 heavy (non-hydrogen) atoms. The molecule has 0 aromatic carbocycles. The Kier molecular flexibility index (Phi) is 7.49. The highest BCUT2D eigenvalue weighted by atomic mass is 16.7. The number of carbonyl (C=O) groups excluding carboxylic acids is 1. The molecule has 0 aliphatic heterocycles. The first kappa shape index (κ1) is 15.9. The molecular formula is C11H21NO5. The summed E-state index contributed by atoms with van der Waals surface area (Å²) in [5.41, 5.74) is -0.0365. The Morgan fingerprint density at radius 1 is 1.12 bits per heavy atom. The molecule has 0 fully saturated rings. The van der Waals surface area contributed by atoms with Crippen molar-refractivity contribution < 1.29 is 23.8 Å². The van der Waals surface area contributed by atoms with Crippen LogP contribution in [0.5, 0.6) is 0 Å². The smallest absolute Gasteiger partial charge is 0.361 e. The summed E-state index contributed by atoms with van der Waals surface area (Å²) in [4.78, 5) is 16.4. The van der Waals surface area contributed by atoms with Gasteiger partial charge in [0.05, 0.1) is 6.61 Å². The third kappa shape index (κ3) is 4.70. The van der Waals surface area contributed by atoms with E-state index in [0.717, 1.165) is 0 Å². The van der Waals surface area contributed by atoms with E-state index >= 15 is 0 Å². The first-order valence-corrected chi connectivity index (χ1v) is 5.62. The highest BCUT2D eigenvalue weighted by Crippen LogP contribution is 2.17. The fourth-order valence-electron chi connectivity index (χ4n) is 1.33. The topological polar surface area (TPSA) is 66.4 Å². The average molecular weight is 247 g/mol. The molecule has 0 radical (unpaired) electrons. The summed E-state index contributed by atoms with van der Waals surface area (Å²) in [6.07, 6.45) is 0. The molecule has 0 aliphatic rings. The summed E-state index contributed by atoms with van der Waals surface area (Å²) in [6, 6.07) is 0. The van der Waals surface area contributed by atoms with E-state index in [1.807, 2.05) is 0 Å². The zero-order chi connectivity index (χ0) is 13.3. The van der Waals surface area contributed by atoms with Gasteiger partial charge in [0.25, 0.3) is 0 Å². The van der Waals surface area contributed by atoms with Crippen molar-refractivity contribution in [3.05, 3.63) is 0 Å². The van der Waals surface area contributed by atoms with Gasteiger partial charge in [-0.05, 0) is 27.7 Å². The van der Waals surface area contributed by atoms with Gasteiger partial charge in [-0.1, -0.05) is 5.16 Å². The van der Waals surface area contributed by atoms with E-state index in [9.17, 15) is 4.79 Å². The van der Waals surface area contributed by atoms with Gasteiger partial charge in [0.15, 0.2) is 0 Å². The predicted octanol–water partition coefficient (Wildman–Crippen LogP) is 1.34. The highest BCUT2D eigenvalue weighted by Gasteiger charge is 2.39. The first-order chi connectivity index (χ1) is 8.05. The highest BCUT2D eigenvalue weighted by molar-refractivity contribution is 6.39. The van der Waals surface area contributed by atoms with E-state index in [1.54, 1.807) is 27.7 Å². The molecule has 0 saturated heterocycles. The molecule has 0 bridgehead atoms. The number of hydrogen-bond donors (Lipinski definition) is 0. The summed E-state index contributed by atoms with van der Waals surface area (Å²) in [6.45, 7) is 7.91. The van der Waals surface area contributed by atoms with Crippen LogP contribution in [0.3, 0.4) is 0 Å². The number of ether oxygens (including phenoxy) is 3. The molecule has 0 aromatic heterocycles. The molecule has 0 aromatic rings. The van der Waals surface area contributed by atoms with Crippen molar-refractivity contribution in [1.82, 2.24) is 0 Å². The van der Waals surface area contributed by atoms with Crippen LogP contribution in [0.2, 0.25) is 0 Å². The van der Waals surface area contributed by atoms with E-state index in [-0.39, 0.29) is 12.3 Å². The SMILES string of the molecule is CCOC(=O)/C(=N\OC)C(C)(OCC)OCC. The summed E-state index contributed by atoms with van der Waals surface area (Å²) >= 11 is 0. The minimum absolute atomic E-state index is 0.0365. The van der Waals surface area contributed by atoms with Gasteiger partial charge in [-0.25, -0.2) is 4.79 Å². The molecule has 0 atom stereocenters. The average Bonchev–Trinajstić information content (AvgIpc) is 2.26. The maximum absolute atomic E-state index is 11.7. The Bertz CT molecular complexity index is 259. The van der Waals surface area contributed by atoms with Crippen LogP contribution in [-0.2, 0) is 23.8 Å².